The third kappa shape index (κ3) is 2.11. The van der Waals surface area contributed by atoms with Gasteiger partial charge in [0.1, 0.15) is 0 Å². The van der Waals surface area contributed by atoms with Gasteiger partial charge in [-0.2, -0.15) is 0 Å². The molecule has 0 amide bonds. The molecule has 5 heteroatoms. The van der Waals surface area contributed by atoms with Crippen LogP contribution in [0.2, 0.25) is 0 Å². The molecule has 1 aliphatic heterocycles. The van der Waals surface area contributed by atoms with E-state index in [1.165, 1.54) is 0 Å². The second-order valence-electron chi connectivity index (χ2n) is 3.57. The van der Waals surface area contributed by atoms with Crippen LogP contribution >= 0.6 is 23.7 Å². The molecule has 0 aliphatic carbocycles. The average Bonchev–Trinajstić information content (AvgIpc) is 2.98. The molecule has 2 heterocycles. The Balaban J connectivity index is 0.00000108. The highest BCUT2D eigenvalue weighted by molar-refractivity contribution is 7.10. The molecule has 3 rings (SSSR count). The summed E-state index contributed by atoms with van der Waals surface area (Å²) < 4.78 is 10.8. The fraction of sp³-hybridized carbons (Fsp3) is 0.167. The first kappa shape index (κ1) is 12.2. The summed E-state index contributed by atoms with van der Waals surface area (Å²) in [5.74, 6) is 1.56. The van der Waals surface area contributed by atoms with Crippen LogP contribution in [-0.4, -0.2) is 6.79 Å². The molecule has 0 spiro atoms. The van der Waals surface area contributed by atoms with E-state index in [0.29, 0.717) is 0 Å². The van der Waals surface area contributed by atoms with Crippen molar-refractivity contribution in [2.75, 3.05) is 6.79 Å². The Labute approximate surface area is 110 Å². The summed E-state index contributed by atoms with van der Waals surface area (Å²) in [5.41, 5.74) is 7.19. The summed E-state index contributed by atoms with van der Waals surface area (Å²) in [6, 6.07) is 9.71. The molecule has 2 aromatic rings. The summed E-state index contributed by atoms with van der Waals surface area (Å²) >= 11 is 1.65. The summed E-state index contributed by atoms with van der Waals surface area (Å²) in [7, 11) is 0. The van der Waals surface area contributed by atoms with Crippen molar-refractivity contribution in [2.45, 2.75) is 6.04 Å². The molecule has 0 bridgehead atoms. The number of hydrogen-bond donors (Lipinski definition) is 1. The predicted octanol–water partition coefficient (Wildman–Crippen LogP) is 2.95. The Hall–Kier alpha value is -1.23. The van der Waals surface area contributed by atoms with Gasteiger partial charge in [-0.1, -0.05) is 18.2 Å². The molecule has 1 atom stereocenters. The Morgan fingerprint density at radius 2 is 2.06 bits per heavy atom. The van der Waals surface area contributed by atoms with E-state index in [1.807, 2.05) is 35.7 Å². The third-order valence-electron chi connectivity index (χ3n) is 2.61. The first-order valence-corrected chi connectivity index (χ1v) is 5.92. The zero-order chi connectivity index (χ0) is 11.0. The molecule has 1 aromatic heterocycles. The summed E-state index contributed by atoms with van der Waals surface area (Å²) in [6.45, 7) is 0.281. The fourth-order valence-corrected chi connectivity index (χ4v) is 2.56. The summed E-state index contributed by atoms with van der Waals surface area (Å²) in [4.78, 5) is 1.13. The number of benzene rings is 1. The van der Waals surface area contributed by atoms with Crippen molar-refractivity contribution in [1.29, 1.82) is 0 Å². The number of nitrogens with two attached hydrogens (primary N) is 1. The summed E-state index contributed by atoms with van der Waals surface area (Å²) in [6.07, 6.45) is 0. The molecule has 0 saturated heterocycles. The Bertz CT molecular complexity index is 501. The molecule has 1 aliphatic rings. The van der Waals surface area contributed by atoms with Crippen LogP contribution in [0, 0.1) is 0 Å². The molecule has 0 radical (unpaired) electrons. The highest BCUT2D eigenvalue weighted by atomic mass is 35.5. The number of rotatable bonds is 2. The average molecular weight is 270 g/mol. The van der Waals surface area contributed by atoms with Crippen LogP contribution in [-0.2, 0) is 0 Å². The highest BCUT2D eigenvalue weighted by Gasteiger charge is 2.22. The van der Waals surface area contributed by atoms with Crippen molar-refractivity contribution in [1.82, 2.24) is 0 Å². The minimum absolute atomic E-state index is 0. The lowest BCUT2D eigenvalue weighted by atomic mass is 10.0. The second kappa shape index (κ2) is 4.96. The molecule has 90 valence electrons. The van der Waals surface area contributed by atoms with Crippen molar-refractivity contribution < 1.29 is 9.47 Å². The van der Waals surface area contributed by atoms with Gasteiger partial charge in [-0.05, 0) is 17.5 Å². The SMILES string of the molecule is Cl.N[C@@H](c1cccs1)c1cccc2c1OCO2. The van der Waals surface area contributed by atoms with Gasteiger partial charge in [0.25, 0.3) is 0 Å². The van der Waals surface area contributed by atoms with Crippen molar-refractivity contribution in [2.24, 2.45) is 5.73 Å². The van der Waals surface area contributed by atoms with Gasteiger partial charge in [0.05, 0.1) is 6.04 Å². The van der Waals surface area contributed by atoms with E-state index in [0.717, 1.165) is 21.9 Å². The smallest absolute Gasteiger partial charge is 0.231 e. The maximum absolute atomic E-state index is 6.21. The van der Waals surface area contributed by atoms with Crippen LogP contribution < -0.4 is 15.2 Å². The van der Waals surface area contributed by atoms with E-state index >= 15 is 0 Å². The van der Waals surface area contributed by atoms with Gasteiger partial charge >= 0.3 is 0 Å². The van der Waals surface area contributed by atoms with Crippen LogP contribution in [0.3, 0.4) is 0 Å². The lowest BCUT2D eigenvalue weighted by molar-refractivity contribution is 0.173. The van der Waals surface area contributed by atoms with Gasteiger partial charge < -0.3 is 15.2 Å². The van der Waals surface area contributed by atoms with E-state index in [9.17, 15) is 0 Å². The van der Waals surface area contributed by atoms with Crippen LogP contribution in [0.5, 0.6) is 11.5 Å². The first-order chi connectivity index (χ1) is 7.86. The summed E-state index contributed by atoms with van der Waals surface area (Å²) in [5, 5.41) is 2.02. The Morgan fingerprint density at radius 3 is 2.82 bits per heavy atom. The van der Waals surface area contributed by atoms with Gasteiger partial charge in [-0.25, -0.2) is 0 Å². The number of thiophene rings is 1. The molecular weight excluding hydrogens is 258 g/mol. The van der Waals surface area contributed by atoms with Gasteiger partial charge in [0, 0.05) is 10.4 Å². The quantitative estimate of drug-likeness (QED) is 0.912. The minimum atomic E-state index is -0.142. The largest absolute Gasteiger partial charge is 0.454 e. The van der Waals surface area contributed by atoms with E-state index in [4.69, 9.17) is 15.2 Å². The molecule has 0 saturated carbocycles. The van der Waals surface area contributed by atoms with Crippen LogP contribution in [0.25, 0.3) is 0 Å². The van der Waals surface area contributed by atoms with Crippen LogP contribution in [0.15, 0.2) is 35.7 Å². The second-order valence-corrected chi connectivity index (χ2v) is 4.55. The maximum atomic E-state index is 6.21. The lowest BCUT2D eigenvalue weighted by Gasteiger charge is -2.12. The monoisotopic (exact) mass is 269 g/mol. The van der Waals surface area contributed by atoms with E-state index in [2.05, 4.69) is 0 Å². The maximum Gasteiger partial charge on any atom is 0.231 e. The van der Waals surface area contributed by atoms with Crippen LogP contribution in [0.4, 0.5) is 0 Å². The van der Waals surface area contributed by atoms with Crippen molar-refractivity contribution in [3.63, 3.8) is 0 Å². The normalized spacial score (nSPS) is 14.2. The third-order valence-corrected chi connectivity index (χ3v) is 3.57. The van der Waals surface area contributed by atoms with E-state index in [-0.39, 0.29) is 25.2 Å². The standard InChI is InChI=1S/C12H11NO2S.ClH/c13-11(10-5-2-6-16-10)8-3-1-4-9-12(8)15-7-14-9;/h1-6,11H,7,13H2;1H/t11-;/m1./s1. The minimum Gasteiger partial charge on any atom is -0.454 e. The van der Waals surface area contributed by atoms with E-state index in [1.54, 1.807) is 11.3 Å². The fourth-order valence-electron chi connectivity index (χ4n) is 1.82. The molecule has 0 unspecified atom stereocenters. The number of para-hydroxylation sites is 1. The zero-order valence-electron chi connectivity index (χ0n) is 8.96. The van der Waals surface area contributed by atoms with Gasteiger partial charge in [0.15, 0.2) is 11.5 Å². The van der Waals surface area contributed by atoms with Gasteiger partial charge in [-0.15, -0.1) is 23.7 Å². The van der Waals surface area contributed by atoms with E-state index < -0.39 is 0 Å². The van der Waals surface area contributed by atoms with Crippen molar-refractivity contribution >= 4 is 23.7 Å². The molecule has 17 heavy (non-hydrogen) atoms. The molecule has 3 nitrogen and oxygen atoms in total. The highest BCUT2D eigenvalue weighted by Crippen LogP contribution is 2.40. The molecule has 1 aromatic carbocycles. The lowest BCUT2D eigenvalue weighted by Crippen LogP contribution is -2.11. The number of hydrogen-bond acceptors (Lipinski definition) is 4. The van der Waals surface area contributed by atoms with Crippen molar-refractivity contribution in [3.05, 3.63) is 46.2 Å². The predicted molar refractivity (Wildman–Crippen MR) is 70.2 cm³/mol. The topological polar surface area (TPSA) is 44.5 Å². The van der Waals surface area contributed by atoms with Gasteiger partial charge in [-0.3, -0.25) is 0 Å². The van der Waals surface area contributed by atoms with Crippen LogP contribution in [0.1, 0.15) is 16.5 Å². The molecular formula is C12H12ClNO2S. The number of fused-ring (bicyclic) bond motifs is 1. The number of halogens is 1. The Kier molecular flexibility index (Phi) is 3.57. The van der Waals surface area contributed by atoms with Crippen molar-refractivity contribution in [3.8, 4) is 11.5 Å². The molecule has 0 fully saturated rings. The Morgan fingerprint density at radius 1 is 1.18 bits per heavy atom. The zero-order valence-corrected chi connectivity index (χ0v) is 10.6. The van der Waals surface area contributed by atoms with Gasteiger partial charge in [0.2, 0.25) is 6.79 Å². The number of ether oxygens (including phenoxy) is 2. The first-order valence-electron chi connectivity index (χ1n) is 5.04. The molecule has 2 N–H and O–H groups in total.